The fraction of sp³-hybridized carbons (Fsp3) is 0.613. The summed E-state index contributed by atoms with van der Waals surface area (Å²) >= 11 is 0. The van der Waals surface area contributed by atoms with Crippen LogP contribution in [0.2, 0.25) is 0 Å². The Morgan fingerprint density at radius 2 is 0.482 bits per heavy atom. The zero-order valence-electron chi connectivity index (χ0n) is 69.5. The molecule has 0 fully saturated rings. The average molecular weight is 1600 g/mol. The van der Waals surface area contributed by atoms with E-state index in [4.69, 9.17) is 37.0 Å². The van der Waals surface area contributed by atoms with Crippen molar-refractivity contribution in [3.63, 3.8) is 0 Å². The number of hydrogen-bond donors (Lipinski definition) is 3. The first-order chi connectivity index (χ1) is 54.7. The topological polar surface area (TPSA) is 237 Å². The third-order valence-corrected chi connectivity index (χ3v) is 19.0. The van der Waals surface area contributed by atoms with Gasteiger partial charge in [-0.15, -0.1) is 0 Å². The van der Waals surface area contributed by atoms with Crippen molar-refractivity contribution in [2.75, 3.05) is 39.6 Å². The molecule has 634 valence electrons. The molecule has 0 rings (SSSR count). The fourth-order valence-corrected chi connectivity index (χ4v) is 12.2. The van der Waals surface area contributed by atoms with E-state index in [0.717, 1.165) is 135 Å². The highest BCUT2D eigenvalue weighted by molar-refractivity contribution is 7.47. The minimum absolute atomic E-state index is 0.0126. The molecule has 0 radical (unpaired) electrons. The number of hydrogen-bond acceptors (Lipinski definition) is 15. The second-order valence-corrected chi connectivity index (χ2v) is 30.6. The maximum atomic E-state index is 13.1. The van der Waals surface area contributed by atoms with Crippen molar-refractivity contribution in [2.24, 2.45) is 0 Å². The molecular weight excluding hydrogens is 1450 g/mol. The number of phosphoric ester groups is 2. The summed E-state index contributed by atoms with van der Waals surface area (Å²) in [6, 6.07) is 0. The van der Waals surface area contributed by atoms with Crippen LogP contribution in [0.3, 0.4) is 0 Å². The summed E-state index contributed by atoms with van der Waals surface area (Å²) in [6.45, 7) is 4.42. The van der Waals surface area contributed by atoms with Crippen molar-refractivity contribution in [1.29, 1.82) is 0 Å². The SMILES string of the molecule is CC/C=C\C/C=C\C/C=C\C/C=C\C/C=C\C/C=C\CCC(=O)OC[C@H](COP(=O)(O)OC[C@@H](O)COP(=O)(O)OC[C@@H](COC(=O)CCCCCCCCCCCCCCCCC)OC(=O)CCCCC/C=C\C/C=C\C/C=C\C/C=C\C/C=C\CC)OC(=O)CC/C=C\C/C=C\C/C=C\C/C=C\C/C=C\CCCCC. The minimum atomic E-state index is -5.03. The lowest BCUT2D eigenvalue weighted by Crippen LogP contribution is -2.30. The number of esters is 4. The number of rotatable bonds is 78. The molecule has 0 saturated carbocycles. The van der Waals surface area contributed by atoms with E-state index in [-0.39, 0.29) is 25.7 Å². The molecule has 0 spiro atoms. The van der Waals surface area contributed by atoms with E-state index < -0.39 is 97.5 Å². The smallest absolute Gasteiger partial charge is 0.462 e. The van der Waals surface area contributed by atoms with Crippen molar-refractivity contribution in [3.8, 4) is 0 Å². The van der Waals surface area contributed by atoms with Crippen LogP contribution in [-0.2, 0) is 65.4 Å². The summed E-state index contributed by atoms with van der Waals surface area (Å²) < 4.78 is 68.6. The number of unbranched alkanes of at least 4 members (excludes halogenated alkanes) is 20. The number of phosphoric acid groups is 2. The highest BCUT2D eigenvalue weighted by atomic mass is 31.2. The molecule has 0 aromatic rings. The van der Waals surface area contributed by atoms with Crippen LogP contribution in [0.5, 0.6) is 0 Å². The van der Waals surface area contributed by atoms with Gasteiger partial charge in [0.1, 0.15) is 19.3 Å². The molecule has 0 aliphatic carbocycles. The largest absolute Gasteiger partial charge is 0.472 e. The molecule has 0 saturated heterocycles. The molecule has 0 aliphatic rings. The Labute approximate surface area is 678 Å². The quantitative estimate of drug-likeness (QED) is 0.0169. The van der Waals surface area contributed by atoms with E-state index >= 15 is 0 Å². The van der Waals surface area contributed by atoms with Crippen LogP contribution in [0, 0.1) is 0 Å². The number of aliphatic hydroxyl groups excluding tert-OH is 1. The molecule has 2 unspecified atom stereocenters. The van der Waals surface area contributed by atoms with Gasteiger partial charge in [-0.05, 0) is 148 Å². The van der Waals surface area contributed by atoms with Crippen LogP contribution >= 0.6 is 15.6 Å². The lowest BCUT2D eigenvalue weighted by Gasteiger charge is -2.21. The number of allylic oxidation sites excluding steroid dienone is 32. The molecule has 0 aromatic heterocycles. The Morgan fingerprint density at radius 3 is 0.804 bits per heavy atom. The van der Waals surface area contributed by atoms with Gasteiger partial charge in [0.15, 0.2) is 12.2 Å². The Bertz CT molecular complexity index is 2890. The molecule has 112 heavy (non-hydrogen) atoms. The number of carbonyl (C=O) groups is 4. The van der Waals surface area contributed by atoms with Gasteiger partial charge in [0.25, 0.3) is 0 Å². The van der Waals surface area contributed by atoms with Gasteiger partial charge in [-0.1, -0.05) is 331 Å². The molecule has 0 aromatic carbocycles. The predicted molar refractivity (Wildman–Crippen MR) is 463 cm³/mol. The first-order valence-electron chi connectivity index (χ1n) is 42.7. The normalized spacial score (nSPS) is 14.7. The van der Waals surface area contributed by atoms with Gasteiger partial charge in [0.2, 0.25) is 0 Å². The van der Waals surface area contributed by atoms with E-state index in [2.05, 4.69) is 186 Å². The molecule has 0 amide bonds. The zero-order chi connectivity index (χ0) is 81.7. The summed E-state index contributed by atoms with van der Waals surface area (Å²) in [4.78, 5) is 73.2. The van der Waals surface area contributed by atoms with Gasteiger partial charge < -0.3 is 33.8 Å². The number of aliphatic hydroxyl groups is 1. The van der Waals surface area contributed by atoms with Gasteiger partial charge in [-0.3, -0.25) is 37.3 Å². The fourth-order valence-electron chi connectivity index (χ4n) is 10.7. The Kier molecular flexibility index (Phi) is 78.4. The molecule has 0 heterocycles. The van der Waals surface area contributed by atoms with Crippen LogP contribution in [0.25, 0.3) is 0 Å². The zero-order valence-corrected chi connectivity index (χ0v) is 71.3. The first kappa shape index (κ1) is 106. The standard InChI is InChI=1S/C93H150O17P2/c1-5-9-13-17-21-25-29-33-37-40-43-46-50-54-58-62-66-70-74-78-91(96)104-84-89(110-93(98)80-76-72-68-64-60-56-52-48-45-42-39-35-31-27-23-19-15-11-7-3)86-108-112(101,102)106-82-87(94)81-105-111(99,100)107-85-88(83-103-90(95)77-73-69-65-61-57-53-49-36-32-28-24-20-16-12-8-4)109-92(97)79-75-71-67-63-59-55-51-47-44-41-38-34-30-26-22-18-14-10-6-2/h9-10,13-14,21-23,25-27,33-35,37-39,43-48,54-56,58-60,66,68,70,72,87-89,94H,5-8,11-12,15-20,24,28-32,36,40-42,49-53,57,61-65,67,69,71,73-86H2,1-4H3,(H,99,100)(H,101,102)/b13-9-,14-10-,25-21-,26-22-,27-23-,37-33-,38-34-,39-35-,46-43-,47-44-,48-45-,58-54-,59-55-,60-56-,70-66-,72-68-/t87-,88+,89+/m0/s1. The third-order valence-electron chi connectivity index (χ3n) is 17.1. The summed E-state index contributed by atoms with van der Waals surface area (Å²) in [5.74, 6) is -2.42. The molecule has 5 atom stereocenters. The summed E-state index contributed by atoms with van der Waals surface area (Å²) in [5, 5.41) is 10.7. The van der Waals surface area contributed by atoms with Crippen LogP contribution in [0.15, 0.2) is 194 Å². The lowest BCUT2D eigenvalue weighted by molar-refractivity contribution is -0.161. The Morgan fingerprint density at radius 1 is 0.259 bits per heavy atom. The first-order valence-corrected chi connectivity index (χ1v) is 45.7. The average Bonchev–Trinajstić information content (AvgIpc) is 0.908. The Hall–Kier alpha value is -6.10. The van der Waals surface area contributed by atoms with E-state index in [1.54, 1.807) is 0 Å². The van der Waals surface area contributed by atoms with Crippen LogP contribution < -0.4 is 0 Å². The molecular formula is C93H150O17P2. The minimum Gasteiger partial charge on any atom is -0.462 e. The molecule has 17 nitrogen and oxygen atoms in total. The summed E-state index contributed by atoms with van der Waals surface area (Å²) in [6.07, 6.45) is 103. The monoisotopic (exact) mass is 1600 g/mol. The van der Waals surface area contributed by atoms with Crippen LogP contribution in [-0.4, -0.2) is 96.7 Å². The predicted octanol–water partition coefficient (Wildman–Crippen LogP) is 25.7. The van der Waals surface area contributed by atoms with Gasteiger partial charge in [0, 0.05) is 25.7 Å². The van der Waals surface area contributed by atoms with E-state index in [1.165, 1.54) is 83.5 Å². The van der Waals surface area contributed by atoms with Crippen molar-refractivity contribution in [3.05, 3.63) is 194 Å². The van der Waals surface area contributed by atoms with E-state index in [9.17, 15) is 43.2 Å². The van der Waals surface area contributed by atoms with E-state index in [0.29, 0.717) is 38.5 Å². The van der Waals surface area contributed by atoms with Crippen molar-refractivity contribution >= 4 is 39.5 Å². The van der Waals surface area contributed by atoms with Gasteiger partial charge in [0.05, 0.1) is 26.4 Å². The number of carbonyl (C=O) groups excluding carboxylic acids is 4. The summed E-state index contributed by atoms with van der Waals surface area (Å²) in [5.41, 5.74) is 0. The maximum Gasteiger partial charge on any atom is 0.472 e. The highest BCUT2D eigenvalue weighted by Crippen LogP contribution is 2.45. The molecule has 19 heteroatoms. The van der Waals surface area contributed by atoms with Crippen molar-refractivity contribution in [1.82, 2.24) is 0 Å². The third kappa shape index (κ3) is 81.9. The summed E-state index contributed by atoms with van der Waals surface area (Å²) in [7, 11) is -10.0. The van der Waals surface area contributed by atoms with Gasteiger partial charge >= 0.3 is 39.5 Å². The van der Waals surface area contributed by atoms with Crippen LogP contribution in [0.4, 0.5) is 0 Å². The second-order valence-electron chi connectivity index (χ2n) is 27.7. The van der Waals surface area contributed by atoms with E-state index in [1.807, 2.05) is 36.5 Å². The van der Waals surface area contributed by atoms with Crippen molar-refractivity contribution in [2.45, 2.75) is 329 Å². The van der Waals surface area contributed by atoms with Gasteiger partial charge in [-0.2, -0.15) is 0 Å². The Balaban J connectivity index is 5.57. The lowest BCUT2D eigenvalue weighted by atomic mass is 10.0. The van der Waals surface area contributed by atoms with Crippen molar-refractivity contribution < 1.29 is 80.2 Å². The highest BCUT2D eigenvalue weighted by Gasteiger charge is 2.30. The molecule has 0 aliphatic heterocycles. The maximum absolute atomic E-state index is 13.1. The second kappa shape index (κ2) is 82.9. The van der Waals surface area contributed by atoms with Crippen LogP contribution in [0.1, 0.15) is 310 Å². The molecule has 0 bridgehead atoms. The number of ether oxygens (including phenoxy) is 4. The molecule has 3 N–H and O–H groups in total. The van der Waals surface area contributed by atoms with Gasteiger partial charge in [-0.25, -0.2) is 9.13 Å².